The molecule has 3 fully saturated rings. The van der Waals surface area contributed by atoms with Crippen LogP contribution in [-0.4, -0.2) is 61.1 Å². The van der Waals surface area contributed by atoms with Gasteiger partial charge in [-0.05, 0) is 5.56 Å². The van der Waals surface area contributed by atoms with Crippen LogP contribution in [0.15, 0.2) is 30.3 Å². The fraction of sp³-hybridized carbons (Fsp3) is 0.533. The lowest BCUT2D eigenvalue weighted by atomic mass is 10.1. The number of hydrogen-bond acceptors (Lipinski definition) is 3. The number of urea groups is 1. The van der Waals surface area contributed by atoms with Gasteiger partial charge in [0.2, 0.25) is 0 Å². The fourth-order valence-electron chi connectivity index (χ4n) is 2.97. The molecule has 3 heterocycles. The summed E-state index contributed by atoms with van der Waals surface area (Å²) in [5.74, 6) is 0. The third-order valence-electron chi connectivity index (χ3n) is 4.19. The Morgan fingerprint density at radius 1 is 1.10 bits per heavy atom. The molecule has 3 aliphatic heterocycles. The zero-order valence-corrected chi connectivity index (χ0v) is 11.7. The van der Waals surface area contributed by atoms with E-state index in [1.165, 1.54) is 13.1 Å². The van der Waals surface area contributed by atoms with Crippen LogP contribution < -0.4 is 10.6 Å². The molecule has 0 aromatic heterocycles. The first-order chi connectivity index (χ1) is 9.81. The van der Waals surface area contributed by atoms with Crippen LogP contribution in [0, 0.1) is 0 Å². The number of amides is 2. The van der Waals surface area contributed by atoms with E-state index in [4.69, 9.17) is 0 Å². The number of carbonyl (C=O) groups is 1. The summed E-state index contributed by atoms with van der Waals surface area (Å²) < 4.78 is 0. The quantitative estimate of drug-likeness (QED) is 0.840. The first-order valence-corrected chi connectivity index (χ1v) is 7.33. The second-order valence-electron chi connectivity index (χ2n) is 5.54. The zero-order valence-electron chi connectivity index (χ0n) is 11.7. The molecular weight excluding hydrogens is 252 g/mol. The van der Waals surface area contributed by atoms with Crippen LogP contribution in [-0.2, 0) is 6.54 Å². The third kappa shape index (κ3) is 3.29. The molecule has 5 nitrogen and oxygen atoms in total. The second kappa shape index (κ2) is 6.24. The fourth-order valence-corrected chi connectivity index (χ4v) is 2.97. The first kappa shape index (κ1) is 13.4. The predicted molar refractivity (Wildman–Crippen MR) is 78.5 cm³/mol. The van der Waals surface area contributed by atoms with Gasteiger partial charge >= 0.3 is 6.03 Å². The van der Waals surface area contributed by atoms with Gasteiger partial charge in [0.1, 0.15) is 0 Å². The third-order valence-corrected chi connectivity index (χ3v) is 4.19. The minimum absolute atomic E-state index is 0.0773. The molecule has 1 atom stereocenters. The maximum Gasteiger partial charge on any atom is 0.315 e. The molecule has 0 spiro atoms. The Kier molecular flexibility index (Phi) is 4.18. The van der Waals surface area contributed by atoms with Gasteiger partial charge in [0.25, 0.3) is 0 Å². The van der Waals surface area contributed by atoms with Gasteiger partial charge in [-0.25, -0.2) is 4.79 Å². The highest BCUT2D eigenvalue weighted by atomic mass is 16.2. The van der Waals surface area contributed by atoms with E-state index in [1.807, 2.05) is 30.3 Å². The summed E-state index contributed by atoms with van der Waals surface area (Å²) in [6.07, 6.45) is 0. The maximum atomic E-state index is 11.8. The number of nitrogens with one attached hydrogen (secondary N) is 2. The van der Waals surface area contributed by atoms with Crippen molar-refractivity contribution in [2.24, 2.45) is 0 Å². The topological polar surface area (TPSA) is 47.6 Å². The number of carbonyl (C=O) groups excluding carboxylic acids is 1. The highest BCUT2D eigenvalue weighted by molar-refractivity contribution is 5.73. The average molecular weight is 274 g/mol. The van der Waals surface area contributed by atoms with Crippen LogP contribution in [0.3, 0.4) is 0 Å². The van der Waals surface area contributed by atoms with Crippen LogP contribution >= 0.6 is 0 Å². The van der Waals surface area contributed by atoms with E-state index in [-0.39, 0.29) is 6.03 Å². The second-order valence-corrected chi connectivity index (χ2v) is 5.54. The lowest BCUT2D eigenvalue weighted by Gasteiger charge is -2.47. The van der Waals surface area contributed by atoms with Crippen LogP contribution in [0.1, 0.15) is 5.56 Å². The van der Waals surface area contributed by atoms with Gasteiger partial charge in [0, 0.05) is 51.9 Å². The molecule has 4 rings (SSSR count). The van der Waals surface area contributed by atoms with E-state index in [9.17, 15) is 4.79 Å². The number of piperazine rings is 3. The Morgan fingerprint density at radius 3 is 2.50 bits per heavy atom. The molecule has 108 valence electrons. The normalized spacial score (nSPS) is 28.1. The molecule has 1 aromatic carbocycles. The summed E-state index contributed by atoms with van der Waals surface area (Å²) >= 11 is 0. The van der Waals surface area contributed by atoms with E-state index >= 15 is 0 Å². The van der Waals surface area contributed by atoms with Crippen molar-refractivity contribution in [2.75, 3.05) is 39.3 Å². The lowest BCUT2D eigenvalue weighted by Crippen LogP contribution is -2.63. The van der Waals surface area contributed by atoms with E-state index in [2.05, 4.69) is 20.4 Å². The smallest absolute Gasteiger partial charge is 0.315 e. The van der Waals surface area contributed by atoms with Gasteiger partial charge in [-0.3, -0.25) is 9.80 Å². The molecular formula is C15H22N4O. The molecule has 1 aromatic rings. The molecule has 20 heavy (non-hydrogen) atoms. The standard InChI is InChI=1S/C15H22N4O/c20-15(16-10-13-4-2-1-3-5-13)17-11-14-12-18-6-8-19(14)9-7-18/h1-5,14H,6-12H2,(H2,16,17,20). The summed E-state index contributed by atoms with van der Waals surface area (Å²) in [6, 6.07) is 10.4. The van der Waals surface area contributed by atoms with Crippen molar-refractivity contribution in [1.82, 2.24) is 20.4 Å². The van der Waals surface area contributed by atoms with Crippen molar-refractivity contribution < 1.29 is 4.79 Å². The van der Waals surface area contributed by atoms with Crippen molar-refractivity contribution in [2.45, 2.75) is 12.6 Å². The van der Waals surface area contributed by atoms with Crippen molar-refractivity contribution in [1.29, 1.82) is 0 Å². The SMILES string of the molecule is O=C(NCc1ccccc1)NCC1CN2CCN1CC2. The Labute approximate surface area is 119 Å². The van der Waals surface area contributed by atoms with Crippen molar-refractivity contribution >= 4 is 6.03 Å². The van der Waals surface area contributed by atoms with Crippen LogP contribution in [0.25, 0.3) is 0 Å². The largest absolute Gasteiger partial charge is 0.337 e. The van der Waals surface area contributed by atoms with Gasteiger partial charge in [0.05, 0.1) is 0 Å². The highest BCUT2D eigenvalue weighted by Gasteiger charge is 2.31. The molecule has 1 unspecified atom stereocenters. The Hall–Kier alpha value is -1.59. The van der Waals surface area contributed by atoms with E-state index in [0.717, 1.165) is 31.7 Å². The van der Waals surface area contributed by atoms with Gasteiger partial charge in [-0.15, -0.1) is 0 Å². The van der Waals surface area contributed by atoms with Crippen LogP contribution in [0.5, 0.6) is 0 Å². The average Bonchev–Trinajstić information content (AvgIpc) is 2.53. The molecule has 3 saturated heterocycles. The molecule has 2 N–H and O–H groups in total. The Morgan fingerprint density at radius 2 is 1.85 bits per heavy atom. The molecule has 0 saturated carbocycles. The molecule has 2 bridgehead atoms. The van der Waals surface area contributed by atoms with E-state index in [1.54, 1.807) is 0 Å². The molecule has 0 radical (unpaired) electrons. The summed E-state index contributed by atoms with van der Waals surface area (Å²) in [5.41, 5.74) is 1.12. The number of fused-ring (bicyclic) bond motifs is 3. The minimum Gasteiger partial charge on any atom is -0.337 e. The molecule has 5 heteroatoms. The zero-order chi connectivity index (χ0) is 13.8. The van der Waals surface area contributed by atoms with E-state index in [0.29, 0.717) is 12.6 Å². The van der Waals surface area contributed by atoms with Crippen molar-refractivity contribution in [3.05, 3.63) is 35.9 Å². The summed E-state index contributed by atoms with van der Waals surface area (Å²) in [5, 5.41) is 5.89. The monoisotopic (exact) mass is 274 g/mol. The van der Waals surface area contributed by atoms with E-state index < -0.39 is 0 Å². The molecule has 3 aliphatic rings. The molecule has 2 amide bonds. The summed E-state index contributed by atoms with van der Waals surface area (Å²) in [6.45, 7) is 7.02. The molecule has 0 aliphatic carbocycles. The van der Waals surface area contributed by atoms with Gasteiger partial charge in [0.15, 0.2) is 0 Å². The van der Waals surface area contributed by atoms with Gasteiger partial charge in [-0.1, -0.05) is 30.3 Å². The minimum atomic E-state index is -0.0773. The van der Waals surface area contributed by atoms with Gasteiger partial charge in [-0.2, -0.15) is 0 Å². The van der Waals surface area contributed by atoms with Gasteiger partial charge < -0.3 is 10.6 Å². The number of nitrogens with zero attached hydrogens (tertiary/aromatic N) is 2. The predicted octanol–water partition coefficient (Wildman–Crippen LogP) is 0.486. The summed E-state index contributed by atoms with van der Waals surface area (Å²) in [4.78, 5) is 16.8. The van der Waals surface area contributed by atoms with Crippen LogP contribution in [0.4, 0.5) is 4.79 Å². The number of benzene rings is 1. The van der Waals surface area contributed by atoms with Crippen molar-refractivity contribution in [3.63, 3.8) is 0 Å². The van der Waals surface area contributed by atoms with Crippen LogP contribution in [0.2, 0.25) is 0 Å². The van der Waals surface area contributed by atoms with Crippen molar-refractivity contribution in [3.8, 4) is 0 Å². The summed E-state index contributed by atoms with van der Waals surface area (Å²) in [7, 11) is 0. The lowest BCUT2D eigenvalue weighted by molar-refractivity contribution is 0.0148. The first-order valence-electron chi connectivity index (χ1n) is 7.33. The number of rotatable bonds is 4. The number of hydrogen-bond donors (Lipinski definition) is 2. The maximum absolute atomic E-state index is 11.8. The Balaban J connectivity index is 1.39. The highest BCUT2D eigenvalue weighted by Crippen LogP contribution is 2.14. The Bertz CT molecular complexity index is 442.